The fourth-order valence-electron chi connectivity index (χ4n) is 3.28. The normalized spacial score (nSPS) is 17.0. The van der Waals surface area contributed by atoms with Crippen LogP contribution in [-0.2, 0) is 4.79 Å². The Hall–Kier alpha value is -1.85. The fourth-order valence-corrected chi connectivity index (χ4v) is 4.14. The fraction of sp³-hybridized carbons (Fsp3) is 0.476. The Morgan fingerprint density at radius 3 is 2.65 bits per heavy atom. The number of nitrogens with zero attached hydrogens (tertiary/aromatic N) is 1. The second-order valence-electron chi connectivity index (χ2n) is 7.16. The minimum atomic E-state index is -0.0718. The zero-order chi connectivity index (χ0) is 18.4. The van der Waals surface area contributed by atoms with Crippen LogP contribution in [0.15, 0.2) is 41.8 Å². The average molecular weight is 373 g/mol. The van der Waals surface area contributed by atoms with E-state index in [2.05, 4.69) is 34.7 Å². The Morgan fingerprint density at radius 1 is 1.27 bits per heavy atom. The molecule has 5 heteroatoms. The van der Waals surface area contributed by atoms with Gasteiger partial charge < -0.3 is 10.1 Å². The summed E-state index contributed by atoms with van der Waals surface area (Å²) >= 11 is 1.76. The van der Waals surface area contributed by atoms with Crippen molar-refractivity contribution in [2.75, 3.05) is 26.2 Å². The van der Waals surface area contributed by atoms with Crippen molar-refractivity contribution < 1.29 is 9.53 Å². The number of aryl methyl sites for hydroxylation is 1. The molecular formula is C21H28N2O2S. The van der Waals surface area contributed by atoms with E-state index in [0.29, 0.717) is 6.54 Å². The summed E-state index contributed by atoms with van der Waals surface area (Å²) in [6.45, 7) is 7.23. The Morgan fingerprint density at radius 2 is 2.00 bits per heavy atom. The molecule has 1 amide bonds. The molecule has 1 aromatic heterocycles. The number of likely N-dealkylation sites (tertiary alicyclic amines) is 1. The van der Waals surface area contributed by atoms with E-state index < -0.39 is 0 Å². The second-order valence-corrected chi connectivity index (χ2v) is 8.13. The van der Waals surface area contributed by atoms with Crippen LogP contribution in [0.3, 0.4) is 0 Å². The van der Waals surface area contributed by atoms with Crippen LogP contribution in [-0.4, -0.2) is 37.0 Å². The summed E-state index contributed by atoms with van der Waals surface area (Å²) in [7, 11) is 0. The van der Waals surface area contributed by atoms with Gasteiger partial charge in [0.1, 0.15) is 5.75 Å². The minimum Gasteiger partial charge on any atom is -0.484 e. The molecule has 0 unspecified atom stereocenters. The van der Waals surface area contributed by atoms with E-state index >= 15 is 0 Å². The first-order chi connectivity index (χ1) is 12.6. The molecule has 0 bridgehead atoms. The third-order valence-electron chi connectivity index (χ3n) is 5.01. The van der Waals surface area contributed by atoms with Gasteiger partial charge in [-0.1, -0.05) is 30.7 Å². The topological polar surface area (TPSA) is 41.6 Å². The Bertz CT molecular complexity index is 677. The van der Waals surface area contributed by atoms with Gasteiger partial charge in [-0.25, -0.2) is 0 Å². The zero-order valence-electron chi connectivity index (χ0n) is 15.6. The summed E-state index contributed by atoms with van der Waals surface area (Å²) in [5.41, 5.74) is 1.18. The number of ether oxygens (including phenoxy) is 1. The Kier molecular flexibility index (Phi) is 6.69. The SMILES string of the molecule is Cc1ccc(OCC(=O)NC[C@@H](c2cccs2)N2CCC(C)CC2)cc1. The lowest BCUT2D eigenvalue weighted by atomic mass is 9.97. The standard InChI is InChI=1S/C21H28N2O2S/c1-16-5-7-18(8-6-16)25-15-21(24)22-14-19(20-4-3-13-26-20)23-11-9-17(2)10-12-23/h3-8,13,17,19H,9-12,14-15H2,1-2H3,(H,22,24)/t19-/m0/s1. The molecule has 2 aromatic rings. The van der Waals surface area contributed by atoms with Gasteiger partial charge in [0, 0.05) is 11.4 Å². The van der Waals surface area contributed by atoms with Crippen molar-refractivity contribution in [2.24, 2.45) is 5.92 Å². The second kappa shape index (κ2) is 9.19. The van der Waals surface area contributed by atoms with E-state index in [0.717, 1.165) is 24.8 Å². The molecule has 0 aliphatic carbocycles. The first-order valence-electron chi connectivity index (χ1n) is 9.35. The van der Waals surface area contributed by atoms with Crippen LogP contribution in [0.2, 0.25) is 0 Å². The number of benzene rings is 1. The summed E-state index contributed by atoms with van der Waals surface area (Å²) in [6.07, 6.45) is 2.46. The van der Waals surface area contributed by atoms with Gasteiger partial charge in [0.15, 0.2) is 6.61 Å². The van der Waals surface area contributed by atoms with Gasteiger partial charge in [-0.3, -0.25) is 9.69 Å². The summed E-state index contributed by atoms with van der Waals surface area (Å²) in [4.78, 5) is 16.1. The Balaban J connectivity index is 1.52. The summed E-state index contributed by atoms with van der Waals surface area (Å²) < 4.78 is 5.58. The first kappa shape index (κ1) is 18.9. The van der Waals surface area contributed by atoms with Gasteiger partial charge in [-0.15, -0.1) is 11.3 Å². The summed E-state index contributed by atoms with van der Waals surface area (Å²) in [6, 6.07) is 12.3. The number of amides is 1. The molecule has 1 N–H and O–H groups in total. The molecule has 0 spiro atoms. The van der Waals surface area contributed by atoms with E-state index in [-0.39, 0.29) is 18.6 Å². The van der Waals surface area contributed by atoms with Crippen molar-refractivity contribution in [3.05, 3.63) is 52.2 Å². The Labute approximate surface area is 160 Å². The number of rotatable bonds is 7. The highest BCUT2D eigenvalue weighted by molar-refractivity contribution is 7.10. The molecule has 1 aromatic carbocycles. The van der Waals surface area contributed by atoms with Gasteiger partial charge in [-0.2, -0.15) is 0 Å². The molecule has 1 aliphatic rings. The molecule has 140 valence electrons. The molecule has 1 saturated heterocycles. The molecule has 1 atom stereocenters. The maximum absolute atomic E-state index is 12.2. The van der Waals surface area contributed by atoms with Crippen molar-refractivity contribution in [2.45, 2.75) is 32.7 Å². The van der Waals surface area contributed by atoms with E-state index in [1.165, 1.54) is 23.3 Å². The lowest BCUT2D eigenvalue weighted by Crippen LogP contribution is -2.42. The van der Waals surface area contributed by atoms with Crippen LogP contribution in [0, 0.1) is 12.8 Å². The van der Waals surface area contributed by atoms with Gasteiger partial charge in [-0.05, 0) is 62.4 Å². The van der Waals surface area contributed by atoms with Crippen LogP contribution in [0.5, 0.6) is 5.75 Å². The van der Waals surface area contributed by atoms with Crippen molar-refractivity contribution >= 4 is 17.2 Å². The van der Waals surface area contributed by atoms with Crippen molar-refractivity contribution in [1.29, 1.82) is 0 Å². The molecule has 26 heavy (non-hydrogen) atoms. The summed E-state index contributed by atoms with van der Waals surface area (Å²) in [5, 5.41) is 5.17. The highest BCUT2D eigenvalue weighted by atomic mass is 32.1. The molecule has 0 saturated carbocycles. The van der Waals surface area contributed by atoms with Crippen molar-refractivity contribution in [1.82, 2.24) is 10.2 Å². The first-order valence-corrected chi connectivity index (χ1v) is 10.2. The number of nitrogens with one attached hydrogen (secondary N) is 1. The van der Waals surface area contributed by atoms with Crippen LogP contribution < -0.4 is 10.1 Å². The van der Waals surface area contributed by atoms with Crippen molar-refractivity contribution in [3.63, 3.8) is 0 Å². The van der Waals surface area contributed by atoms with Crippen LogP contribution in [0.1, 0.15) is 36.2 Å². The lowest BCUT2D eigenvalue weighted by molar-refractivity contribution is -0.123. The van der Waals surface area contributed by atoms with Gasteiger partial charge in [0.2, 0.25) is 0 Å². The molecule has 3 rings (SSSR count). The largest absolute Gasteiger partial charge is 0.484 e. The quantitative estimate of drug-likeness (QED) is 0.798. The molecule has 1 aliphatic heterocycles. The lowest BCUT2D eigenvalue weighted by Gasteiger charge is -2.36. The van der Waals surface area contributed by atoms with Crippen molar-refractivity contribution in [3.8, 4) is 5.75 Å². The van der Waals surface area contributed by atoms with E-state index in [9.17, 15) is 4.79 Å². The van der Waals surface area contributed by atoms with E-state index in [4.69, 9.17) is 4.74 Å². The van der Waals surface area contributed by atoms with E-state index in [1.807, 2.05) is 31.2 Å². The number of hydrogen-bond acceptors (Lipinski definition) is 4. The molecule has 2 heterocycles. The predicted molar refractivity (Wildman–Crippen MR) is 107 cm³/mol. The predicted octanol–water partition coefficient (Wildman–Crippen LogP) is 4.02. The van der Waals surface area contributed by atoms with Crippen LogP contribution >= 0.6 is 11.3 Å². The molecule has 1 fully saturated rings. The average Bonchev–Trinajstić information content (AvgIpc) is 3.17. The third-order valence-corrected chi connectivity index (χ3v) is 5.99. The number of thiophene rings is 1. The molecular weight excluding hydrogens is 344 g/mol. The third kappa shape index (κ3) is 5.32. The number of carbonyl (C=O) groups is 1. The van der Waals surface area contributed by atoms with Crippen LogP contribution in [0.4, 0.5) is 0 Å². The van der Waals surface area contributed by atoms with E-state index in [1.54, 1.807) is 11.3 Å². The molecule has 0 radical (unpaired) electrons. The number of carbonyl (C=O) groups excluding carboxylic acids is 1. The number of hydrogen-bond donors (Lipinski definition) is 1. The summed E-state index contributed by atoms with van der Waals surface area (Å²) in [5.74, 6) is 1.45. The number of piperidine rings is 1. The zero-order valence-corrected chi connectivity index (χ0v) is 16.4. The maximum Gasteiger partial charge on any atom is 0.258 e. The van der Waals surface area contributed by atoms with Gasteiger partial charge in [0.25, 0.3) is 5.91 Å². The van der Waals surface area contributed by atoms with Gasteiger partial charge in [0.05, 0.1) is 6.04 Å². The van der Waals surface area contributed by atoms with Gasteiger partial charge >= 0.3 is 0 Å². The highest BCUT2D eigenvalue weighted by Gasteiger charge is 2.25. The maximum atomic E-state index is 12.2. The highest BCUT2D eigenvalue weighted by Crippen LogP contribution is 2.29. The smallest absolute Gasteiger partial charge is 0.258 e. The monoisotopic (exact) mass is 372 g/mol. The minimum absolute atomic E-state index is 0.0528. The van der Waals surface area contributed by atoms with Crippen LogP contribution in [0.25, 0.3) is 0 Å². The molecule has 4 nitrogen and oxygen atoms in total.